The number of carbonyl (C=O) groups is 1. The molecule has 6 heteroatoms. The molecule has 0 heterocycles. The first-order valence-corrected chi connectivity index (χ1v) is 7.18. The van der Waals surface area contributed by atoms with Gasteiger partial charge in [0.15, 0.2) is 0 Å². The third-order valence-electron chi connectivity index (χ3n) is 3.52. The summed E-state index contributed by atoms with van der Waals surface area (Å²) in [4.78, 5) is 12.1. The number of carbonyl (C=O) groups excluding carboxylic acids is 1. The zero-order valence-electron chi connectivity index (χ0n) is 13.6. The molecule has 0 fully saturated rings. The van der Waals surface area contributed by atoms with E-state index < -0.39 is 18.1 Å². The molecule has 0 saturated carbocycles. The van der Waals surface area contributed by atoms with Crippen LogP contribution < -0.4 is 14.2 Å². The lowest BCUT2D eigenvalue weighted by Gasteiger charge is -2.16. The van der Waals surface area contributed by atoms with Crippen LogP contribution in [0.3, 0.4) is 0 Å². The van der Waals surface area contributed by atoms with Crippen molar-refractivity contribution in [1.29, 1.82) is 0 Å². The molecule has 0 aromatic heterocycles. The van der Waals surface area contributed by atoms with Crippen molar-refractivity contribution >= 4 is 5.78 Å². The predicted molar refractivity (Wildman–Crippen MR) is 85.5 cm³/mol. The number of ketones is 1. The second kappa shape index (κ2) is 7.29. The summed E-state index contributed by atoms with van der Waals surface area (Å²) in [5.74, 6) is -3.53. The highest BCUT2D eigenvalue weighted by atomic mass is 19.3. The lowest BCUT2D eigenvalue weighted by atomic mass is 9.98. The smallest absolute Gasteiger partial charge is 0.313 e. The van der Waals surface area contributed by atoms with Crippen LogP contribution in [0, 0.1) is 0 Å². The highest BCUT2D eigenvalue weighted by Gasteiger charge is 2.39. The maximum Gasteiger partial charge on any atom is 0.313 e. The number of benzene rings is 2. The van der Waals surface area contributed by atoms with E-state index in [4.69, 9.17) is 14.2 Å². The Kier molecular flexibility index (Phi) is 5.39. The zero-order valence-corrected chi connectivity index (χ0v) is 13.6. The number of alkyl halides is 2. The van der Waals surface area contributed by atoms with Gasteiger partial charge >= 0.3 is 5.92 Å². The van der Waals surface area contributed by atoms with Crippen LogP contribution in [0.4, 0.5) is 8.78 Å². The van der Waals surface area contributed by atoms with Crippen LogP contribution in [-0.4, -0.2) is 33.0 Å². The Morgan fingerprint density at radius 3 is 1.83 bits per heavy atom. The van der Waals surface area contributed by atoms with Gasteiger partial charge in [-0.15, -0.1) is 0 Å². The minimum Gasteiger partial charge on any atom is -0.497 e. The van der Waals surface area contributed by atoms with Gasteiger partial charge in [-0.25, -0.2) is 0 Å². The SMILES string of the molecule is COc1ccc(C(=O)C(F)(F)Cc2cc(OC)cc(OC)c2)cc1. The van der Waals surface area contributed by atoms with Crippen LogP contribution >= 0.6 is 0 Å². The minimum atomic E-state index is -3.55. The number of hydrogen-bond acceptors (Lipinski definition) is 4. The van der Waals surface area contributed by atoms with Gasteiger partial charge in [0.25, 0.3) is 0 Å². The Morgan fingerprint density at radius 1 is 0.875 bits per heavy atom. The van der Waals surface area contributed by atoms with Gasteiger partial charge in [-0.2, -0.15) is 8.78 Å². The molecule has 128 valence electrons. The lowest BCUT2D eigenvalue weighted by Crippen LogP contribution is -2.31. The van der Waals surface area contributed by atoms with E-state index in [0.29, 0.717) is 17.2 Å². The first-order valence-electron chi connectivity index (χ1n) is 7.18. The Bertz CT molecular complexity index is 689. The Labute approximate surface area is 139 Å². The molecule has 0 unspecified atom stereocenters. The molecule has 0 amide bonds. The van der Waals surface area contributed by atoms with Gasteiger partial charge in [0.1, 0.15) is 17.2 Å². The van der Waals surface area contributed by atoms with Gasteiger partial charge in [0, 0.05) is 18.1 Å². The van der Waals surface area contributed by atoms with Crippen LogP contribution in [-0.2, 0) is 6.42 Å². The van der Waals surface area contributed by atoms with Crippen molar-refractivity contribution in [3.05, 3.63) is 53.6 Å². The summed E-state index contributed by atoms with van der Waals surface area (Å²) in [6.45, 7) is 0. The van der Waals surface area contributed by atoms with Crippen molar-refractivity contribution in [2.75, 3.05) is 21.3 Å². The fourth-order valence-corrected chi connectivity index (χ4v) is 2.26. The van der Waals surface area contributed by atoms with E-state index in [-0.39, 0.29) is 11.1 Å². The molecule has 0 aliphatic rings. The summed E-state index contributed by atoms with van der Waals surface area (Å²) in [5, 5.41) is 0. The Hall–Kier alpha value is -2.63. The summed E-state index contributed by atoms with van der Waals surface area (Å²) in [7, 11) is 4.32. The Balaban J connectivity index is 2.24. The average Bonchev–Trinajstić information content (AvgIpc) is 2.60. The van der Waals surface area contributed by atoms with E-state index in [1.54, 1.807) is 6.07 Å². The third kappa shape index (κ3) is 4.01. The second-order valence-electron chi connectivity index (χ2n) is 5.16. The van der Waals surface area contributed by atoms with Crippen molar-refractivity contribution < 1.29 is 27.8 Å². The fraction of sp³-hybridized carbons (Fsp3) is 0.278. The van der Waals surface area contributed by atoms with Gasteiger partial charge < -0.3 is 14.2 Å². The van der Waals surface area contributed by atoms with Crippen LogP contribution in [0.5, 0.6) is 17.2 Å². The van der Waals surface area contributed by atoms with Gasteiger partial charge in [-0.1, -0.05) is 0 Å². The summed E-state index contributed by atoms with van der Waals surface area (Å²) >= 11 is 0. The number of methoxy groups -OCH3 is 3. The molecule has 0 N–H and O–H groups in total. The van der Waals surface area contributed by atoms with Gasteiger partial charge in [-0.05, 0) is 42.0 Å². The van der Waals surface area contributed by atoms with Crippen molar-refractivity contribution in [3.63, 3.8) is 0 Å². The highest BCUT2D eigenvalue weighted by molar-refractivity contribution is 6.01. The first-order chi connectivity index (χ1) is 11.4. The number of Topliss-reactive ketones (excluding diaryl/α,β-unsaturated/α-hetero) is 1. The van der Waals surface area contributed by atoms with Crippen LogP contribution in [0.15, 0.2) is 42.5 Å². The van der Waals surface area contributed by atoms with E-state index in [2.05, 4.69) is 0 Å². The van der Waals surface area contributed by atoms with Crippen LogP contribution in [0.1, 0.15) is 15.9 Å². The third-order valence-corrected chi connectivity index (χ3v) is 3.52. The zero-order chi connectivity index (χ0) is 17.7. The van der Waals surface area contributed by atoms with E-state index in [1.165, 1.54) is 57.7 Å². The van der Waals surface area contributed by atoms with Crippen molar-refractivity contribution in [3.8, 4) is 17.2 Å². The summed E-state index contributed by atoms with van der Waals surface area (Å²) in [6.07, 6.45) is -0.745. The minimum absolute atomic E-state index is 0.0735. The summed E-state index contributed by atoms with van der Waals surface area (Å²) in [5.41, 5.74) is 0.175. The number of hydrogen-bond donors (Lipinski definition) is 0. The van der Waals surface area contributed by atoms with Crippen LogP contribution in [0.25, 0.3) is 0 Å². The second-order valence-corrected chi connectivity index (χ2v) is 5.16. The molecule has 2 aromatic carbocycles. The molecule has 0 radical (unpaired) electrons. The van der Waals surface area contributed by atoms with Crippen molar-refractivity contribution in [2.24, 2.45) is 0 Å². The molecule has 4 nitrogen and oxygen atoms in total. The largest absolute Gasteiger partial charge is 0.497 e. The van der Waals surface area contributed by atoms with E-state index in [9.17, 15) is 13.6 Å². The monoisotopic (exact) mass is 336 g/mol. The number of ether oxygens (including phenoxy) is 3. The molecule has 0 aliphatic heterocycles. The van der Waals surface area contributed by atoms with E-state index >= 15 is 0 Å². The molecule has 24 heavy (non-hydrogen) atoms. The molecule has 0 saturated heterocycles. The molecular formula is C18H18F2O4. The van der Waals surface area contributed by atoms with Gasteiger partial charge in [0.2, 0.25) is 5.78 Å². The molecule has 0 spiro atoms. The van der Waals surface area contributed by atoms with Crippen LogP contribution in [0.2, 0.25) is 0 Å². The van der Waals surface area contributed by atoms with Crippen molar-refractivity contribution in [1.82, 2.24) is 0 Å². The average molecular weight is 336 g/mol. The molecule has 0 atom stereocenters. The molecule has 0 aliphatic carbocycles. The summed E-state index contributed by atoms with van der Waals surface area (Å²) in [6, 6.07) is 10.1. The predicted octanol–water partition coefficient (Wildman–Crippen LogP) is 3.77. The fourth-order valence-electron chi connectivity index (χ4n) is 2.26. The molecule has 2 rings (SSSR count). The highest BCUT2D eigenvalue weighted by Crippen LogP contribution is 2.30. The quantitative estimate of drug-likeness (QED) is 0.722. The first kappa shape index (κ1) is 17.7. The summed E-state index contributed by atoms with van der Waals surface area (Å²) < 4.78 is 43.8. The van der Waals surface area contributed by atoms with Crippen molar-refractivity contribution in [2.45, 2.75) is 12.3 Å². The maximum atomic E-state index is 14.4. The Morgan fingerprint density at radius 2 is 1.38 bits per heavy atom. The number of halogens is 2. The normalized spacial score (nSPS) is 11.0. The lowest BCUT2D eigenvalue weighted by molar-refractivity contribution is 0.0106. The number of rotatable bonds is 7. The standard InChI is InChI=1S/C18H18F2O4/c1-22-14-6-4-13(5-7-14)17(21)18(19,20)11-12-8-15(23-2)10-16(9-12)24-3/h4-10H,11H2,1-3H3. The van der Waals surface area contributed by atoms with E-state index in [0.717, 1.165) is 0 Å². The van der Waals surface area contributed by atoms with Gasteiger partial charge in [-0.3, -0.25) is 4.79 Å². The maximum absolute atomic E-state index is 14.4. The topological polar surface area (TPSA) is 44.8 Å². The molecule has 2 aromatic rings. The van der Waals surface area contributed by atoms with E-state index in [1.807, 2.05) is 0 Å². The molecular weight excluding hydrogens is 318 g/mol. The molecule has 0 bridgehead atoms. The van der Waals surface area contributed by atoms with Gasteiger partial charge in [0.05, 0.1) is 21.3 Å².